The Hall–Kier alpha value is -1.34. The average molecular weight is 315 g/mol. The molecule has 0 unspecified atom stereocenters. The number of anilines is 1. The highest BCUT2D eigenvalue weighted by atomic mass is 79.9. The van der Waals surface area contributed by atoms with Gasteiger partial charge in [-0.3, -0.25) is 9.89 Å². The van der Waals surface area contributed by atoms with Gasteiger partial charge in [0.2, 0.25) is 0 Å². The van der Waals surface area contributed by atoms with E-state index in [9.17, 15) is 4.79 Å². The van der Waals surface area contributed by atoms with Crippen LogP contribution in [-0.4, -0.2) is 16.1 Å². The minimum Gasteiger partial charge on any atom is -0.382 e. The summed E-state index contributed by atoms with van der Waals surface area (Å²) in [5, 5.41) is 11.2. The first-order chi connectivity index (χ1) is 8.09. The van der Waals surface area contributed by atoms with Gasteiger partial charge in [0, 0.05) is 15.0 Å². The Kier molecular flexibility index (Phi) is 3.49. The van der Waals surface area contributed by atoms with Crippen LogP contribution >= 0.6 is 27.3 Å². The number of H-pyrrole nitrogens is 1. The second-order valence-electron chi connectivity index (χ2n) is 3.48. The topological polar surface area (TPSA) is 83.8 Å². The number of thiophene rings is 1. The number of rotatable bonds is 3. The van der Waals surface area contributed by atoms with Gasteiger partial charge in [0.1, 0.15) is 5.56 Å². The van der Waals surface area contributed by atoms with Crippen molar-refractivity contribution < 1.29 is 4.79 Å². The smallest absolute Gasteiger partial charge is 0.257 e. The molecule has 0 spiro atoms. The largest absolute Gasteiger partial charge is 0.382 e. The predicted molar refractivity (Wildman–Crippen MR) is 70.9 cm³/mol. The lowest BCUT2D eigenvalue weighted by Gasteiger charge is -2.04. The number of nitrogens with two attached hydrogens (primary N) is 1. The van der Waals surface area contributed by atoms with Gasteiger partial charge >= 0.3 is 0 Å². The van der Waals surface area contributed by atoms with Crippen molar-refractivity contribution in [2.45, 2.75) is 13.5 Å². The summed E-state index contributed by atoms with van der Waals surface area (Å²) in [6.07, 6.45) is 0. The summed E-state index contributed by atoms with van der Waals surface area (Å²) in [7, 11) is 0. The van der Waals surface area contributed by atoms with E-state index in [4.69, 9.17) is 5.73 Å². The Morgan fingerprint density at radius 3 is 3.00 bits per heavy atom. The fraction of sp³-hybridized carbons (Fsp3) is 0.200. The molecule has 2 aromatic heterocycles. The van der Waals surface area contributed by atoms with E-state index in [0.29, 0.717) is 17.8 Å². The third-order valence-corrected chi connectivity index (χ3v) is 4.23. The van der Waals surface area contributed by atoms with Gasteiger partial charge in [-0.1, -0.05) is 0 Å². The lowest BCUT2D eigenvalue weighted by Crippen LogP contribution is -2.23. The number of nitrogen functional groups attached to an aromatic ring is 1. The molecule has 0 radical (unpaired) electrons. The van der Waals surface area contributed by atoms with Gasteiger partial charge in [-0.05, 0) is 34.3 Å². The van der Waals surface area contributed by atoms with Crippen LogP contribution in [0.3, 0.4) is 0 Å². The number of aromatic amines is 1. The summed E-state index contributed by atoms with van der Waals surface area (Å²) in [6, 6.07) is 1.95. The van der Waals surface area contributed by atoms with Crippen molar-refractivity contribution in [3.63, 3.8) is 0 Å². The van der Waals surface area contributed by atoms with Crippen molar-refractivity contribution in [1.82, 2.24) is 15.5 Å². The summed E-state index contributed by atoms with van der Waals surface area (Å²) in [6.45, 7) is 2.24. The Balaban J connectivity index is 2.06. The second-order valence-corrected chi connectivity index (χ2v) is 5.34. The maximum Gasteiger partial charge on any atom is 0.257 e. The number of aryl methyl sites for hydroxylation is 1. The minimum absolute atomic E-state index is 0.214. The van der Waals surface area contributed by atoms with Crippen LogP contribution in [0.25, 0.3) is 0 Å². The summed E-state index contributed by atoms with van der Waals surface area (Å²) >= 11 is 4.99. The van der Waals surface area contributed by atoms with Gasteiger partial charge in [0.15, 0.2) is 5.82 Å². The Bertz CT molecular complexity index is 529. The van der Waals surface area contributed by atoms with E-state index in [1.165, 1.54) is 0 Å². The number of nitrogens with zero attached hydrogens (tertiary/aromatic N) is 1. The van der Waals surface area contributed by atoms with Crippen LogP contribution in [0.2, 0.25) is 0 Å². The van der Waals surface area contributed by atoms with Gasteiger partial charge in [0.25, 0.3) is 5.91 Å². The van der Waals surface area contributed by atoms with Crippen LogP contribution < -0.4 is 11.1 Å². The van der Waals surface area contributed by atoms with Crippen LogP contribution in [0.4, 0.5) is 5.82 Å². The lowest BCUT2D eigenvalue weighted by atomic mass is 10.2. The zero-order valence-electron chi connectivity index (χ0n) is 9.08. The molecule has 5 nitrogen and oxygen atoms in total. The van der Waals surface area contributed by atoms with Crippen LogP contribution in [0, 0.1) is 6.92 Å². The standard InChI is InChI=1S/C10H11BrN4OS/c1-5-8(9(12)15-14-5)10(16)13-4-7-6(11)2-3-17-7/h2-3H,4H2,1H3,(H,13,16)(H3,12,14,15). The second kappa shape index (κ2) is 4.89. The first-order valence-corrected chi connectivity index (χ1v) is 6.57. The van der Waals surface area contributed by atoms with Crippen molar-refractivity contribution >= 4 is 39.0 Å². The van der Waals surface area contributed by atoms with Crippen LogP contribution in [0.15, 0.2) is 15.9 Å². The molecular formula is C10H11BrN4OS. The van der Waals surface area contributed by atoms with Crippen LogP contribution in [-0.2, 0) is 6.54 Å². The fourth-order valence-corrected chi connectivity index (χ4v) is 2.87. The summed E-state index contributed by atoms with van der Waals surface area (Å²) in [4.78, 5) is 13.0. The molecule has 2 heterocycles. The third-order valence-electron chi connectivity index (χ3n) is 2.30. The zero-order chi connectivity index (χ0) is 12.4. The van der Waals surface area contributed by atoms with Gasteiger partial charge in [-0.2, -0.15) is 5.10 Å². The zero-order valence-corrected chi connectivity index (χ0v) is 11.5. The van der Waals surface area contributed by atoms with E-state index in [1.54, 1.807) is 18.3 Å². The number of hydrogen-bond acceptors (Lipinski definition) is 4. The normalized spacial score (nSPS) is 10.5. The predicted octanol–water partition coefficient (Wildman–Crippen LogP) is 2.05. The van der Waals surface area contributed by atoms with Crippen molar-refractivity contribution in [2.24, 2.45) is 0 Å². The highest BCUT2D eigenvalue weighted by molar-refractivity contribution is 9.10. The first-order valence-electron chi connectivity index (χ1n) is 4.90. The molecule has 0 aliphatic carbocycles. The number of hydrogen-bond donors (Lipinski definition) is 3. The molecule has 0 aliphatic rings. The first kappa shape index (κ1) is 12.1. The summed E-state index contributed by atoms with van der Waals surface area (Å²) < 4.78 is 1.000. The molecule has 2 rings (SSSR count). The Morgan fingerprint density at radius 2 is 2.47 bits per heavy atom. The van der Waals surface area contributed by atoms with Crippen molar-refractivity contribution in [3.8, 4) is 0 Å². The summed E-state index contributed by atoms with van der Waals surface area (Å²) in [5.74, 6) is 0.0132. The monoisotopic (exact) mass is 314 g/mol. The van der Waals surface area contributed by atoms with Crippen molar-refractivity contribution in [2.75, 3.05) is 5.73 Å². The number of amides is 1. The molecule has 4 N–H and O–H groups in total. The molecule has 0 atom stereocenters. The molecule has 0 fully saturated rings. The summed E-state index contributed by atoms with van der Waals surface area (Å²) in [5.41, 5.74) is 6.70. The van der Waals surface area contributed by atoms with E-state index in [0.717, 1.165) is 9.35 Å². The third kappa shape index (κ3) is 2.50. The number of nitrogens with one attached hydrogen (secondary N) is 2. The number of carbonyl (C=O) groups excluding carboxylic acids is 1. The fourth-order valence-electron chi connectivity index (χ4n) is 1.43. The average Bonchev–Trinajstić information content (AvgIpc) is 2.83. The van der Waals surface area contributed by atoms with E-state index < -0.39 is 0 Å². The van der Waals surface area contributed by atoms with E-state index in [-0.39, 0.29) is 11.7 Å². The highest BCUT2D eigenvalue weighted by Crippen LogP contribution is 2.22. The molecule has 0 bridgehead atoms. The molecule has 1 amide bonds. The van der Waals surface area contributed by atoms with Gasteiger partial charge in [-0.15, -0.1) is 11.3 Å². The molecule has 90 valence electrons. The minimum atomic E-state index is -0.214. The Morgan fingerprint density at radius 1 is 1.71 bits per heavy atom. The molecule has 0 saturated heterocycles. The highest BCUT2D eigenvalue weighted by Gasteiger charge is 2.16. The number of aromatic nitrogens is 2. The molecular weight excluding hydrogens is 304 g/mol. The van der Waals surface area contributed by atoms with E-state index in [1.807, 2.05) is 11.4 Å². The van der Waals surface area contributed by atoms with Crippen molar-refractivity contribution in [3.05, 3.63) is 32.1 Å². The van der Waals surface area contributed by atoms with Gasteiger partial charge in [0.05, 0.1) is 6.54 Å². The molecule has 0 saturated carbocycles. The van der Waals surface area contributed by atoms with E-state index in [2.05, 4.69) is 31.4 Å². The SMILES string of the molecule is Cc1[nH]nc(N)c1C(=O)NCc1sccc1Br. The Labute approximate surface area is 111 Å². The molecule has 7 heteroatoms. The number of halogens is 1. The maximum absolute atomic E-state index is 11.9. The molecule has 0 aliphatic heterocycles. The lowest BCUT2D eigenvalue weighted by molar-refractivity contribution is 0.0951. The van der Waals surface area contributed by atoms with Gasteiger partial charge in [-0.25, -0.2) is 0 Å². The molecule has 17 heavy (non-hydrogen) atoms. The number of carbonyl (C=O) groups is 1. The molecule has 2 aromatic rings. The molecule has 0 aromatic carbocycles. The van der Waals surface area contributed by atoms with Crippen LogP contribution in [0.1, 0.15) is 20.9 Å². The van der Waals surface area contributed by atoms with E-state index >= 15 is 0 Å². The quantitative estimate of drug-likeness (QED) is 0.810. The van der Waals surface area contributed by atoms with Crippen LogP contribution in [0.5, 0.6) is 0 Å². The van der Waals surface area contributed by atoms with Gasteiger partial charge < -0.3 is 11.1 Å². The maximum atomic E-state index is 11.9. The van der Waals surface area contributed by atoms with Crippen molar-refractivity contribution in [1.29, 1.82) is 0 Å².